The molecule has 31 heavy (non-hydrogen) atoms. The van der Waals surface area contributed by atoms with Gasteiger partial charge in [0, 0.05) is 26.2 Å². The fourth-order valence-corrected chi connectivity index (χ4v) is 5.64. The summed E-state index contributed by atoms with van der Waals surface area (Å²) in [4.78, 5) is 0. The molecule has 0 nitrogen and oxygen atoms in total. The van der Waals surface area contributed by atoms with Gasteiger partial charge in [-0.2, -0.15) is 0 Å². The Balaban J connectivity index is 0.00000204. The minimum atomic E-state index is 0. The van der Waals surface area contributed by atoms with Gasteiger partial charge in [-0.25, -0.2) is 0 Å². The van der Waals surface area contributed by atoms with Crippen molar-refractivity contribution in [3.05, 3.63) is 117 Å². The maximum absolute atomic E-state index is 2.37. The molecule has 0 fully saturated rings. The topological polar surface area (TPSA) is 0 Å². The monoisotopic (exact) mass is 476 g/mol. The first-order chi connectivity index (χ1) is 14.7. The molecule has 0 unspecified atom stereocenters. The summed E-state index contributed by atoms with van der Waals surface area (Å²) in [6, 6.07) is 27.2. The van der Waals surface area contributed by atoms with E-state index in [1.165, 1.54) is 66.8 Å². The SMILES string of the molecule is Cc1c(CCc2ccc3c(c2C)Cc2ccccc2-3)ccc2c1Cc1ccccc1-2.[Zr]. The Morgan fingerprint density at radius 3 is 1.39 bits per heavy atom. The van der Waals surface area contributed by atoms with Crippen LogP contribution in [-0.4, -0.2) is 0 Å². The van der Waals surface area contributed by atoms with E-state index in [2.05, 4.69) is 86.6 Å². The van der Waals surface area contributed by atoms with E-state index in [0.717, 1.165) is 25.7 Å². The molecule has 0 aliphatic heterocycles. The van der Waals surface area contributed by atoms with Gasteiger partial charge in [-0.1, -0.05) is 72.8 Å². The Bertz CT molecular complexity index is 1210. The molecule has 6 rings (SSSR count). The van der Waals surface area contributed by atoms with Gasteiger partial charge in [0.05, 0.1) is 0 Å². The molecule has 0 bridgehead atoms. The zero-order valence-corrected chi connectivity index (χ0v) is 20.7. The molecule has 2 aliphatic rings. The zero-order valence-electron chi connectivity index (χ0n) is 18.3. The van der Waals surface area contributed by atoms with Crippen LogP contribution in [0.2, 0.25) is 0 Å². The van der Waals surface area contributed by atoms with Crippen molar-refractivity contribution in [1.82, 2.24) is 0 Å². The summed E-state index contributed by atoms with van der Waals surface area (Å²) < 4.78 is 0. The Morgan fingerprint density at radius 2 is 0.935 bits per heavy atom. The first kappa shape index (κ1) is 20.7. The van der Waals surface area contributed by atoms with Crippen LogP contribution in [0.25, 0.3) is 22.3 Å². The third-order valence-corrected chi connectivity index (χ3v) is 7.43. The van der Waals surface area contributed by atoms with Gasteiger partial charge in [0.2, 0.25) is 0 Å². The van der Waals surface area contributed by atoms with Gasteiger partial charge in [-0.05, 0) is 106 Å². The van der Waals surface area contributed by atoms with Gasteiger partial charge in [-0.15, -0.1) is 0 Å². The minimum Gasteiger partial charge on any atom is -0.0619 e. The van der Waals surface area contributed by atoms with Crippen LogP contribution in [0.3, 0.4) is 0 Å². The van der Waals surface area contributed by atoms with Crippen molar-refractivity contribution in [2.24, 2.45) is 0 Å². The van der Waals surface area contributed by atoms with E-state index in [1.807, 2.05) is 0 Å². The van der Waals surface area contributed by atoms with E-state index in [-0.39, 0.29) is 26.2 Å². The standard InChI is InChI=1S/C30H26.Zr/c1-19-21(13-15-27-25-9-5-3-7-23(25)17-29(19)27)11-12-22-14-16-28-26-10-6-4-8-24(26)18-30(28)20(22)2;/h3-10,13-16H,11-12,17-18H2,1-2H3;. The number of fused-ring (bicyclic) bond motifs is 6. The molecule has 4 aromatic carbocycles. The van der Waals surface area contributed by atoms with Crippen LogP contribution in [0.4, 0.5) is 0 Å². The molecule has 0 saturated heterocycles. The Morgan fingerprint density at radius 1 is 0.516 bits per heavy atom. The fraction of sp³-hybridized carbons (Fsp3) is 0.200. The molecule has 0 radical (unpaired) electrons. The van der Waals surface area contributed by atoms with Crippen molar-refractivity contribution in [3.63, 3.8) is 0 Å². The summed E-state index contributed by atoms with van der Waals surface area (Å²) in [5, 5.41) is 0. The summed E-state index contributed by atoms with van der Waals surface area (Å²) in [6.07, 6.45) is 4.40. The average molecular weight is 478 g/mol. The van der Waals surface area contributed by atoms with Crippen LogP contribution in [0.15, 0.2) is 72.8 Å². The molecule has 2 aliphatic carbocycles. The van der Waals surface area contributed by atoms with Crippen LogP contribution >= 0.6 is 0 Å². The number of hydrogen-bond donors (Lipinski definition) is 0. The minimum absolute atomic E-state index is 0. The van der Waals surface area contributed by atoms with E-state index in [1.54, 1.807) is 0 Å². The molecule has 0 heterocycles. The van der Waals surface area contributed by atoms with Crippen LogP contribution in [0, 0.1) is 13.8 Å². The van der Waals surface area contributed by atoms with E-state index in [9.17, 15) is 0 Å². The number of aryl methyl sites for hydroxylation is 2. The molecule has 150 valence electrons. The quantitative estimate of drug-likeness (QED) is 0.252. The molecule has 4 aromatic rings. The molecule has 0 N–H and O–H groups in total. The molecule has 0 spiro atoms. The van der Waals surface area contributed by atoms with E-state index in [0.29, 0.717) is 0 Å². The molecular formula is C30H26Zr. The summed E-state index contributed by atoms with van der Waals surface area (Å²) in [7, 11) is 0. The third kappa shape index (κ3) is 3.30. The van der Waals surface area contributed by atoms with Gasteiger partial charge in [0.1, 0.15) is 0 Å². The maximum atomic E-state index is 2.37. The normalized spacial score (nSPS) is 12.6. The molecule has 0 saturated carbocycles. The number of hydrogen-bond acceptors (Lipinski definition) is 0. The average Bonchev–Trinajstić information content (AvgIpc) is 3.34. The van der Waals surface area contributed by atoms with Crippen molar-refractivity contribution in [3.8, 4) is 22.3 Å². The zero-order chi connectivity index (χ0) is 20.2. The molecule has 1 heteroatoms. The van der Waals surface area contributed by atoms with Gasteiger partial charge in [0.15, 0.2) is 0 Å². The first-order valence-electron chi connectivity index (χ1n) is 11.1. The largest absolute Gasteiger partial charge is 0.0619 e. The van der Waals surface area contributed by atoms with Crippen LogP contribution in [-0.2, 0) is 51.9 Å². The van der Waals surface area contributed by atoms with Gasteiger partial charge < -0.3 is 0 Å². The van der Waals surface area contributed by atoms with Crippen molar-refractivity contribution >= 4 is 0 Å². The molecule has 0 atom stereocenters. The van der Waals surface area contributed by atoms with Crippen LogP contribution in [0.5, 0.6) is 0 Å². The predicted molar refractivity (Wildman–Crippen MR) is 126 cm³/mol. The Kier molecular flexibility index (Phi) is 5.35. The smallest absolute Gasteiger partial charge is 0 e. The third-order valence-electron chi connectivity index (χ3n) is 7.43. The maximum Gasteiger partial charge on any atom is 0 e. The predicted octanol–water partition coefficient (Wildman–Crippen LogP) is 7.23. The second-order valence-corrected chi connectivity index (χ2v) is 8.92. The van der Waals surface area contributed by atoms with Crippen LogP contribution < -0.4 is 0 Å². The van der Waals surface area contributed by atoms with E-state index >= 15 is 0 Å². The summed E-state index contributed by atoms with van der Waals surface area (Å²) in [5.41, 5.74) is 17.8. The second kappa shape index (κ2) is 8.03. The molecule has 0 aromatic heterocycles. The summed E-state index contributed by atoms with van der Waals surface area (Å²) in [5.74, 6) is 0. The fourth-order valence-electron chi connectivity index (χ4n) is 5.64. The Labute approximate surface area is 204 Å². The Hall–Kier alpha value is -2.24. The van der Waals surface area contributed by atoms with Gasteiger partial charge in [-0.3, -0.25) is 0 Å². The molecule has 0 amide bonds. The number of benzene rings is 4. The van der Waals surface area contributed by atoms with Crippen LogP contribution in [0.1, 0.15) is 44.5 Å². The van der Waals surface area contributed by atoms with Crippen molar-refractivity contribution in [2.45, 2.75) is 39.5 Å². The first-order valence-corrected chi connectivity index (χ1v) is 11.1. The number of rotatable bonds is 3. The van der Waals surface area contributed by atoms with Crippen molar-refractivity contribution < 1.29 is 26.2 Å². The van der Waals surface area contributed by atoms with Crippen molar-refractivity contribution in [2.75, 3.05) is 0 Å². The summed E-state index contributed by atoms with van der Waals surface area (Å²) >= 11 is 0. The second-order valence-electron chi connectivity index (χ2n) is 8.92. The van der Waals surface area contributed by atoms with Gasteiger partial charge >= 0.3 is 0 Å². The molecular weight excluding hydrogens is 452 g/mol. The van der Waals surface area contributed by atoms with E-state index in [4.69, 9.17) is 0 Å². The van der Waals surface area contributed by atoms with Crippen molar-refractivity contribution in [1.29, 1.82) is 0 Å². The summed E-state index contributed by atoms with van der Waals surface area (Å²) in [6.45, 7) is 4.65. The van der Waals surface area contributed by atoms with E-state index < -0.39 is 0 Å². The van der Waals surface area contributed by atoms with Gasteiger partial charge in [0.25, 0.3) is 0 Å².